The SMILES string of the molecule is C[C@H](O)C(=O)NCC1CC=CCC1. The van der Waals surface area contributed by atoms with Gasteiger partial charge in [-0.25, -0.2) is 0 Å². The third kappa shape index (κ3) is 3.59. The molecule has 2 atom stereocenters. The Bertz CT molecular complexity index is 199. The van der Waals surface area contributed by atoms with E-state index in [1.807, 2.05) is 0 Å². The van der Waals surface area contributed by atoms with Gasteiger partial charge in [-0.05, 0) is 32.1 Å². The molecule has 3 nitrogen and oxygen atoms in total. The van der Waals surface area contributed by atoms with Gasteiger partial charge in [0.2, 0.25) is 5.91 Å². The molecular weight excluding hydrogens is 166 g/mol. The van der Waals surface area contributed by atoms with Gasteiger partial charge in [-0.1, -0.05) is 12.2 Å². The minimum Gasteiger partial charge on any atom is -0.384 e. The quantitative estimate of drug-likeness (QED) is 0.637. The molecule has 1 aliphatic rings. The van der Waals surface area contributed by atoms with Crippen molar-refractivity contribution in [3.63, 3.8) is 0 Å². The topological polar surface area (TPSA) is 49.3 Å². The van der Waals surface area contributed by atoms with Crippen molar-refractivity contribution in [3.8, 4) is 0 Å². The van der Waals surface area contributed by atoms with Crippen molar-refractivity contribution >= 4 is 5.91 Å². The zero-order valence-corrected chi connectivity index (χ0v) is 7.99. The first-order chi connectivity index (χ1) is 6.20. The van der Waals surface area contributed by atoms with Crippen LogP contribution in [0.5, 0.6) is 0 Å². The van der Waals surface area contributed by atoms with Crippen LogP contribution in [0.3, 0.4) is 0 Å². The third-order valence-corrected chi connectivity index (χ3v) is 2.32. The van der Waals surface area contributed by atoms with Gasteiger partial charge >= 0.3 is 0 Å². The third-order valence-electron chi connectivity index (χ3n) is 2.32. The number of hydrogen-bond donors (Lipinski definition) is 2. The number of nitrogens with one attached hydrogen (secondary N) is 1. The summed E-state index contributed by atoms with van der Waals surface area (Å²) >= 11 is 0. The van der Waals surface area contributed by atoms with E-state index in [0.29, 0.717) is 12.5 Å². The van der Waals surface area contributed by atoms with Gasteiger partial charge in [-0.2, -0.15) is 0 Å². The predicted molar refractivity (Wildman–Crippen MR) is 51.2 cm³/mol. The summed E-state index contributed by atoms with van der Waals surface area (Å²) in [6.45, 7) is 2.17. The van der Waals surface area contributed by atoms with Crippen LogP contribution in [0.15, 0.2) is 12.2 Å². The maximum Gasteiger partial charge on any atom is 0.248 e. The maximum absolute atomic E-state index is 11.0. The van der Waals surface area contributed by atoms with E-state index in [2.05, 4.69) is 17.5 Å². The van der Waals surface area contributed by atoms with E-state index in [1.54, 1.807) is 0 Å². The highest BCUT2D eigenvalue weighted by Gasteiger charge is 2.13. The molecule has 0 heterocycles. The van der Waals surface area contributed by atoms with Gasteiger partial charge in [0, 0.05) is 6.54 Å². The number of aliphatic hydroxyl groups excluding tert-OH is 1. The summed E-state index contributed by atoms with van der Waals surface area (Å²) in [6.07, 6.45) is 6.72. The summed E-state index contributed by atoms with van der Waals surface area (Å²) in [6, 6.07) is 0. The lowest BCUT2D eigenvalue weighted by Gasteiger charge is -2.18. The lowest BCUT2D eigenvalue weighted by atomic mass is 9.94. The van der Waals surface area contributed by atoms with Crippen molar-refractivity contribution in [3.05, 3.63) is 12.2 Å². The van der Waals surface area contributed by atoms with Gasteiger partial charge in [0.25, 0.3) is 0 Å². The largest absolute Gasteiger partial charge is 0.384 e. The van der Waals surface area contributed by atoms with Crippen molar-refractivity contribution in [1.82, 2.24) is 5.32 Å². The van der Waals surface area contributed by atoms with Crippen LogP contribution in [0.25, 0.3) is 0 Å². The molecule has 1 amide bonds. The Kier molecular flexibility index (Phi) is 3.96. The normalized spacial score (nSPS) is 24.0. The first-order valence-electron chi connectivity index (χ1n) is 4.81. The highest BCUT2D eigenvalue weighted by atomic mass is 16.3. The molecule has 0 radical (unpaired) electrons. The van der Waals surface area contributed by atoms with Crippen molar-refractivity contribution < 1.29 is 9.90 Å². The Morgan fingerprint density at radius 3 is 3.00 bits per heavy atom. The fourth-order valence-corrected chi connectivity index (χ4v) is 1.43. The van der Waals surface area contributed by atoms with E-state index in [0.717, 1.165) is 19.3 Å². The maximum atomic E-state index is 11.0. The highest BCUT2D eigenvalue weighted by molar-refractivity contribution is 5.79. The smallest absolute Gasteiger partial charge is 0.248 e. The number of allylic oxidation sites excluding steroid dienone is 2. The van der Waals surface area contributed by atoms with Gasteiger partial charge in [0.1, 0.15) is 6.10 Å². The molecule has 0 aliphatic heterocycles. The standard InChI is InChI=1S/C10H17NO2/c1-8(12)10(13)11-7-9-5-3-2-4-6-9/h2-3,8-9,12H,4-7H2,1H3,(H,11,13)/t8-,9?/m0/s1. The van der Waals surface area contributed by atoms with Crippen molar-refractivity contribution in [2.24, 2.45) is 5.92 Å². The van der Waals surface area contributed by atoms with Crippen LogP contribution in [0.1, 0.15) is 26.2 Å². The molecule has 13 heavy (non-hydrogen) atoms. The van der Waals surface area contributed by atoms with Crippen LogP contribution in [0, 0.1) is 5.92 Å². The van der Waals surface area contributed by atoms with Crippen LogP contribution >= 0.6 is 0 Å². The van der Waals surface area contributed by atoms with E-state index >= 15 is 0 Å². The molecule has 2 N–H and O–H groups in total. The average molecular weight is 183 g/mol. The molecule has 1 rings (SSSR count). The molecule has 0 fully saturated rings. The molecule has 74 valence electrons. The first kappa shape index (κ1) is 10.3. The first-order valence-corrected chi connectivity index (χ1v) is 4.81. The van der Waals surface area contributed by atoms with Crippen LogP contribution in [0.4, 0.5) is 0 Å². The van der Waals surface area contributed by atoms with Crippen LogP contribution in [0.2, 0.25) is 0 Å². The summed E-state index contributed by atoms with van der Waals surface area (Å²) in [5.41, 5.74) is 0. The van der Waals surface area contributed by atoms with Crippen molar-refractivity contribution in [2.45, 2.75) is 32.3 Å². The minimum absolute atomic E-state index is 0.269. The number of aliphatic hydroxyl groups is 1. The molecule has 0 aromatic heterocycles. The van der Waals surface area contributed by atoms with E-state index in [1.165, 1.54) is 6.92 Å². The van der Waals surface area contributed by atoms with Gasteiger partial charge in [0.05, 0.1) is 0 Å². The summed E-state index contributed by atoms with van der Waals surface area (Å²) in [5.74, 6) is 0.280. The van der Waals surface area contributed by atoms with Crippen LogP contribution in [-0.2, 0) is 4.79 Å². The van der Waals surface area contributed by atoms with Crippen molar-refractivity contribution in [1.29, 1.82) is 0 Å². The molecular formula is C10H17NO2. The summed E-state index contributed by atoms with van der Waals surface area (Å²) in [5, 5.41) is 11.7. The Morgan fingerprint density at radius 1 is 1.69 bits per heavy atom. The summed E-state index contributed by atoms with van der Waals surface area (Å²) < 4.78 is 0. The second-order valence-corrected chi connectivity index (χ2v) is 3.57. The zero-order chi connectivity index (χ0) is 9.68. The minimum atomic E-state index is -0.890. The average Bonchev–Trinajstić information content (AvgIpc) is 2.15. The van der Waals surface area contributed by atoms with Crippen molar-refractivity contribution in [2.75, 3.05) is 6.54 Å². The molecule has 0 saturated carbocycles. The van der Waals surface area contributed by atoms with E-state index < -0.39 is 6.10 Å². The summed E-state index contributed by atoms with van der Waals surface area (Å²) in [4.78, 5) is 11.0. The van der Waals surface area contributed by atoms with Gasteiger partial charge in [0.15, 0.2) is 0 Å². The second-order valence-electron chi connectivity index (χ2n) is 3.57. The van der Waals surface area contributed by atoms with Gasteiger partial charge in [-0.15, -0.1) is 0 Å². The van der Waals surface area contributed by atoms with E-state index in [4.69, 9.17) is 5.11 Å². The summed E-state index contributed by atoms with van der Waals surface area (Å²) in [7, 11) is 0. The monoisotopic (exact) mass is 183 g/mol. The second kappa shape index (κ2) is 5.02. The molecule has 1 unspecified atom stereocenters. The van der Waals surface area contributed by atoms with E-state index in [9.17, 15) is 4.79 Å². The van der Waals surface area contributed by atoms with Crippen LogP contribution in [-0.4, -0.2) is 23.7 Å². The molecule has 3 heteroatoms. The molecule has 1 aliphatic carbocycles. The number of amides is 1. The number of rotatable bonds is 3. The lowest BCUT2D eigenvalue weighted by molar-refractivity contribution is -0.128. The Labute approximate surface area is 78.8 Å². The lowest BCUT2D eigenvalue weighted by Crippen LogP contribution is -2.36. The Balaban J connectivity index is 2.18. The number of carbonyl (C=O) groups excluding carboxylic acids is 1. The molecule has 0 saturated heterocycles. The van der Waals surface area contributed by atoms with Gasteiger partial charge in [-0.3, -0.25) is 4.79 Å². The molecule has 0 aromatic carbocycles. The van der Waals surface area contributed by atoms with Gasteiger partial charge < -0.3 is 10.4 Å². The molecule has 0 spiro atoms. The zero-order valence-electron chi connectivity index (χ0n) is 7.99. The van der Waals surface area contributed by atoms with E-state index in [-0.39, 0.29) is 5.91 Å². The number of carbonyl (C=O) groups is 1. The van der Waals surface area contributed by atoms with Crippen LogP contribution < -0.4 is 5.32 Å². The highest BCUT2D eigenvalue weighted by Crippen LogP contribution is 2.16. The molecule has 0 aromatic rings. The molecule has 0 bridgehead atoms. The number of hydrogen-bond acceptors (Lipinski definition) is 2. The fourth-order valence-electron chi connectivity index (χ4n) is 1.43. The Hall–Kier alpha value is -0.830. The predicted octanol–water partition coefficient (Wildman–Crippen LogP) is 0.840. The Morgan fingerprint density at radius 2 is 2.46 bits per heavy atom. The fraction of sp³-hybridized carbons (Fsp3) is 0.700.